The molecule has 1 saturated heterocycles. The fourth-order valence-electron chi connectivity index (χ4n) is 1.99. The number of rotatable bonds is 2. The Kier molecular flexibility index (Phi) is 2.88. The van der Waals surface area contributed by atoms with Crippen molar-refractivity contribution in [3.05, 3.63) is 29.6 Å². The lowest BCUT2D eigenvalue weighted by atomic mass is 10.1. The predicted octanol–water partition coefficient (Wildman–Crippen LogP) is 1.49. The monoisotopic (exact) mass is 210 g/mol. The summed E-state index contributed by atoms with van der Waals surface area (Å²) in [6, 6.07) is 4.48. The number of halogens is 1. The van der Waals surface area contributed by atoms with E-state index in [1.807, 2.05) is 4.90 Å². The van der Waals surface area contributed by atoms with Gasteiger partial charge in [0.05, 0.1) is 5.56 Å². The zero-order chi connectivity index (χ0) is 10.8. The lowest BCUT2D eigenvalue weighted by Gasteiger charge is -2.24. The highest BCUT2D eigenvalue weighted by atomic mass is 19.1. The van der Waals surface area contributed by atoms with E-state index in [1.165, 1.54) is 6.07 Å². The number of aliphatic hydroxyl groups excluding tert-OH is 1. The summed E-state index contributed by atoms with van der Waals surface area (Å²) in [6.45, 7) is 1.60. The standard InChI is InChI=1S/C11H15FN2O/c12-8-4-3-5-9(13)10(8)11(15)14-6-1-2-7-14/h3-5,11,15H,1-2,6-7,13H2/t11-/m1/s1. The Bertz CT molecular complexity index is 330. The van der Waals surface area contributed by atoms with Gasteiger partial charge in [-0.2, -0.15) is 0 Å². The number of anilines is 1. The summed E-state index contributed by atoms with van der Waals surface area (Å²) in [7, 11) is 0. The molecule has 0 aromatic heterocycles. The molecule has 3 nitrogen and oxygen atoms in total. The smallest absolute Gasteiger partial charge is 0.138 e. The van der Waals surface area contributed by atoms with Crippen LogP contribution in [0.5, 0.6) is 0 Å². The maximum absolute atomic E-state index is 13.5. The SMILES string of the molecule is Nc1cccc(F)c1[C@@H](O)N1CCCC1. The van der Waals surface area contributed by atoms with Crippen LogP contribution in [0.25, 0.3) is 0 Å². The van der Waals surface area contributed by atoms with Gasteiger partial charge >= 0.3 is 0 Å². The van der Waals surface area contributed by atoms with Crippen molar-refractivity contribution in [2.45, 2.75) is 19.1 Å². The van der Waals surface area contributed by atoms with E-state index in [2.05, 4.69) is 0 Å². The Labute approximate surface area is 88.3 Å². The molecule has 0 amide bonds. The van der Waals surface area contributed by atoms with Gasteiger partial charge in [0, 0.05) is 18.8 Å². The third-order valence-electron chi connectivity index (χ3n) is 2.83. The highest BCUT2D eigenvalue weighted by molar-refractivity contribution is 5.48. The van der Waals surface area contributed by atoms with Gasteiger partial charge in [-0.05, 0) is 25.0 Å². The average molecular weight is 210 g/mol. The first kappa shape index (κ1) is 10.4. The van der Waals surface area contributed by atoms with Gasteiger partial charge < -0.3 is 10.8 Å². The molecule has 1 aromatic carbocycles. The molecule has 4 heteroatoms. The van der Waals surface area contributed by atoms with Crippen molar-refractivity contribution in [3.8, 4) is 0 Å². The highest BCUT2D eigenvalue weighted by Crippen LogP contribution is 2.28. The number of nitrogens with two attached hydrogens (primary N) is 1. The van der Waals surface area contributed by atoms with Crippen molar-refractivity contribution >= 4 is 5.69 Å². The fraction of sp³-hybridized carbons (Fsp3) is 0.455. The van der Waals surface area contributed by atoms with Crippen LogP contribution in [0, 0.1) is 5.82 Å². The van der Waals surface area contributed by atoms with Crippen LogP contribution in [-0.4, -0.2) is 23.1 Å². The van der Waals surface area contributed by atoms with Crippen LogP contribution in [0.2, 0.25) is 0 Å². The Morgan fingerprint density at radius 1 is 1.33 bits per heavy atom. The van der Waals surface area contributed by atoms with Crippen LogP contribution < -0.4 is 5.73 Å². The maximum Gasteiger partial charge on any atom is 0.138 e. The summed E-state index contributed by atoms with van der Waals surface area (Å²) in [4.78, 5) is 1.84. The molecule has 1 fully saturated rings. The van der Waals surface area contributed by atoms with E-state index in [1.54, 1.807) is 12.1 Å². The number of hydrogen-bond acceptors (Lipinski definition) is 3. The third-order valence-corrected chi connectivity index (χ3v) is 2.83. The Morgan fingerprint density at radius 2 is 2.00 bits per heavy atom. The van der Waals surface area contributed by atoms with Crippen molar-refractivity contribution < 1.29 is 9.50 Å². The molecule has 2 rings (SSSR count). The van der Waals surface area contributed by atoms with Crippen molar-refractivity contribution in [1.82, 2.24) is 4.90 Å². The first-order valence-corrected chi connectivity index (χ1v) is 5.16. The molecular weight excluding hydrogens is 195 g/mol. The van der Waals surface area contributed by atoms with Crippen LogP contribution in [0.1, 0.15) is 24.6 Å². The van der Waals surface area contributed by atoms with Crippen molar-refractivity contribution in [1.29, 1.82) is 0 Å². The zero-order valence-electron chi connectivity index (χ0n) is 8.49. The van der Waals surface area contributed by atoms with Gasteiger partial charge in [-0.3, -0.25) is 4.90 Å². The van der Waals surface area contributed by atoms with E-state index in [-0.39, 0.29) is 5.56 Å². The molecule has 0 aliphatic carbocycles. The fourth-order valence-corrected chi connectivity index (χ4v) is 1.99. The zero-order valence-corrected chi connectivity index (χ0v) is 8.49. The van der Waals surface area contributed by atoms with Gasteiger partial charge in [0.15, 0.2) is 0 Å². The maximum atomic E-state index is 13.5. The van der Waals surface area contributed by atoms with E-state index < -0.39 is 12.0 Å². The predicted molar refractivity (Wildman–Crippen MR) is 56.6 cm³/mol. The van der Waals surface area contributed by atoms with Crippen LogP contribution in [0.15, 0.2) is 18.2 Å². The number of nitrogen functional groups attached to an aromatic ring is 1. The van der Waals surface area contributed by atoms with E-state index in [4.69, 9.17) is 5.73 Å². The number of likely N-dealkylation sites (tertiary alicyclic amines) is 1. The first-order valence-electron chi connectivity index (χ1n) is 5.16. The molecule has 82 valence electrons. The Balaban J connectivity index is 2.27. The topological polar surface area (TPSA) is 49.5 Å². The van der Waals surface area contributed by atoms with Crippen molar-refractivity contribution in [2.75, 3.05) is 18.8 Å². The average Bonchev–Trinajstić information content (AvgIpc) is 2.69. The molecule has 15 heavy (non-hydrogen) atoms. The van der Waals surface area contributed by atoms with Crippen LogP contribution in [-0.2, 0) is 0 Å². The van der Waals surface area contributed by atoms with Gasteiger partial charge in [0.25, 0.3) is 0 Å². The van der Waals surface area contributed by atoms with E-state index in [9.17, 15) is 9.50 Å². The summed E-state index contributed by atoms with van der Waals surface area (Å²) < 4.78 is 13.5. The van der Waals surface area contributed by atoms with Crippen LogP contribution in [0.3, 0.4) is 0 Å². The van der Waals surface area contributed by atoms with Gasteiger partial charge in [0.1, 0.15) is 12.0 Å². The Morgan fingerprint density at radius 3 is 2.60 bits per heavy atom. The largest absolute Gasteiger partial charge is 0.398 e. The molecule has 3 N–H and O–H groups in total. The molecule has 1 heterocycles. The summed E-state index contributed by atoms with van der Waals surface area (Å²) in [5, 5.41) is 9.99. The quantitative estimate of drug-likeness (QED) is 0.727. The van der Waals surface area contributed by atoms with Crippen molar-refractivity contribution in [3.63, 3.8) is 0 Å². The minimum absolute atomic E-state index is 0.208. The van der Waals surface area contributed by atoms with Gasteiger partial charge in [-0.1, -0.05) is 6.07 Å². The van der Waals surface area contributed by atoms with Crippen molar-refractivity contribution in [2.24, 2.45) is 0 Å². The first-order chi connectivity index (χ1) is 7.20. The number of aliphatic hydroxyl groups is 1. The summed E-state index contributed by atoms with van der Waals surface area (Å²) in [5.41, 5.74) is 6.19. The molecule has 0 radical (unpaired) electrons. The number of nitrogens with zero attached hydrogens (tertiary/aromatic N) is 1. The summed E-state index contributed by atoms with van der Waals surface area (Å²) >= 11 is 0. The minimum Gasteiger partial charge on any atom is -0.398 e. The van der Waals surface area contributed by atoms with Gasteiger partial charge in [0.2, 0.25) is 0 Å². The normalized spacial score (nSPS) is 19.3. The molecule has 1 atom stereocenters. The molecule has 0 saturated carbocycles. The van der Waals surface area contributed by atoms with Gasteiger partial charge in [-0.15, -0.1) is 0 Å². The number of hydrogen-bond donors (Lipinski definition) is 2. The highest BCUT2D eigenvalue weighted by Gasteiger charge is 2.24. The molecule has 0 spiro atoms. The van der Waals surface area contributed by atoms with Crippen LogP contribution >= 0.6 is 0 Å². The minimum atomic E-state index is -0.909. The van der Waals surface area contributed by atoms with Crippen LogP contribution in [0.4, 0.5) is 10.1 Å². The van der Waals surface area contributed by atoms with Gasteiger partial charge in [-0.25, -0.2) is 4.39 Å². The molecule has 1 aliphatic heterocycles. The number of benzene rings is 1. The summed E-state index contributed by atoms with van der Waals surface area (Å²) in [6.07, 6.45) is 1.19. The summed E-state index contributed by atoms with van der Waals surface area (Å²) in [5.74, 6) is -0.436. The lowest BCUT2D eigenvalue weighted by Crippen LogP contribution is -2.26. The second kappa shape index (κ2) is 4.16. The molecule has 1 aliphatic rings. The molecular formula is C11H15FN2O. The van der Waals surface area contributed by atoms with E-state index in [0.29, 0.717) is 5.69 Å². The molecule has 0 bridgehead atoms. The molecule has 0 unspecified atom stereocenters. The Hall–Kier alpha value is -1.13. The second-order valence-electron chi connectivity index (χ2n) is 3.86. The molecule has 1 aromatic rings. The van der Waals surface area contributed by atoms with E-state index in [0.717, 1.165) is 25.9 Å². The van der Waals surface area contributed by atoms with E-state index >= 15 is 0 Å². The third kappa shape index (κ3) is 1.96. The second-order valence-corrected chi connectivity index (χ2v) is 3.86. The lowest BCUT2D eigenvalue weighted by molar-refractivity contribution is 0.0169.